The number of benzene rings is 2. The van der Waals surface area contributed by atoms with Gasteiger partial charge in [-0.2, -0.15) is 0 Å². The van der Waals surface area contributed by atoms with Gasteiger partial charge in [0.1, 0.15) is 18.1 Å². The molecule has 7 heteroatoms. The largest absolute Gasteiger partial charge is 0.494 e. The van der Waals surface area contributed by atoms with Crippen molar-refractivity contribution >= 4 is 5.91 Å². The molecule has 0 saturated carbocycles. The molecule has 32 heavy (non-hydrogen) atoms. The molecular weight excluding hydrogens is 406 g/mol. The first-order chi connectivity index (χ1) is 15.5. The molecule has 2 aromatic carbocycles. The predicted octanol–water partition coefficient (Wildman–Crippen LogP) is 4.04. The van der Waals surface area contributed by atoms with Crippen molar-refractivity contribution in [3.8, 4) is 28.6 Å². The first-order valence-electron chi connectivity index (χ1n) is 10.6. The summed E-state index contributed by atoms with van der Waals surface area (Å²) in [5.74, 6) is 1.75. The van der Waals surface area contributed by atoms with Crippen molar-refractivity contribution in [3.63, 3.8) is 0 Å². The molecular formula is C25H29N3O4. The van der Waals surface area contributed by atoms with Crippen LogP contribution in [0.15, 0.2) is 48.5 Å². The molecule has 0 fully saturated rings. The highest BCUT2D eigenvalue weighted by Crippen LogP contribution is 2.23. The van der Waals surface area contributed by atoms with Crippen LogP contribution in [0.5, 0.6) is 17.4 Å². The van der Waals surface area contributed by atoms with Crippen LogP contribution < -0.4 is 19.5 Å². The fraction of sp³-hybridized carbons (Fsp3) is 0.320. The number of nitrogens with zero attached hydrogens (tertiary/aromatic N) is 2. The lowest BCUT2D eigenvalue weighted by Gasteiger charge is -2.12. The molecule has 0 unspecified atom stereocenters. The van der Waals surface area contributed by atoms with E-state index in [1.165, 1.54) is 0 Å². The number of hydrogen-bond acceptors (Lipinski definition) is 6. The van der Waals surface area contributed by atoms with Gasteiger partial charge in [0.15, 0.2) is 6.61 Å². The van der Waals surface area contributed by atoms with E-state index < -0.39 is 0 Å². The maximum Gasteiger partial charge on any atom is 0.258 e. The van der Waals surface area contributed by atoms with Gasteiger partial charge in [0.05, 0.1) is 18.8 Å². The Morgan fingerprint density at radius 2 is 1.72 bits per heavy atom. The highest BCUT2D eigenvalue weighted by molar-refractivity contribution is 5.77. The van der Waals surface area contributed by atoms with E-state index in [1.807, 2.05) is 64.1 Å². The average Bonchev–Trinajstić information content (AvgIpc) is 2.79. The van der Waals surface area contributed by atoms with Gasteiger partial charge in [-0.1, -0.05) is 6.07 Å². The zero-order valence-corrected chi connectivity index (χ0v) is 19.0. The van der Waals surface area contributed by atoms with Crippen molar-refractivity contribution < 1.29 is 19.0 Å². The second-order valence-corrected chi connectivity index (χ2v) is 7.41. The minimum absolute atomic E-state index is 0.0413. The first kappa shape index (κ1) is 23.1. The molecule has 0 saturated heterocycles. The highest BCUT2D eigenvalue weighted by Gasteiger charge is 2.08. The standard InChI is InChI=1S/C25H29N3O4/c1-5-30-21-8-6-20(7-9-21)22-10-11-25(28-27-22)31-13-12-26-24(29)16-32-23-15-17(2)14-18(3)19(23)4/h6-11,14-15H,5,12-13,16H2,1-4H3,(H,26,29). The van der Waals surface area contributed by atoms with E-state index in [1.54, 1.807) is 6.07 Å². The molecule has 1 N–H and O–H groups in total. The summed E-state index contributed by atoms with van der Waals surface area (Å²) < 4.78 is 16.7. The van der Waals surface area contributed by atoms with Gasteiger partial charge in [-0.25, -0.2) is 0 Å². The lowest BCUT2D eigenvalue weighted by atomic mass is 10.1. The van der Waals surface area contributed by atoms with E-state index in [-0.39, 0.29) is 19.1 Å². The highest BCUT2D eigenvalue weighted by atomic mass is 16.5. The molecule has 1 aromatic heterocycles. The maximum atomic E-state index is 12.0. The Kier molecular flexibility index (Phi) is 8.02. The minimum Gasteiger partial charge on any atom is -0.494 e. The van der Waals surface area contributed by atoms with Crippen molar-refractivity contribution in [2.45, 2.75) is 27.7 Å². The number of rotatable bonds is 10. The SMILES string of the molecule is CCOc1ccc(-c2ccc(OCCNC(=O)COc3cc(C)cc(C)c3C)nn2)cc1. The third-order valence-corrected chi connectivity index (χ3v) is 4.90. The van der Waals surface area contributed by atoms with Crippen LogP contribution >= 0.6 is 0 Å². The van der Waals surface area contributed by atoms with E-state index in [0.29, 0.717) is 19.0 Å². The second kappa shape index (κ2) is 11.1. The van der Waals surface area contributed by atoms with Crippen molar-refractivity contribution in [1.29, 1.82) is 0 Å². The summed E-state index contributed by atoms with van der Waals surface area (Å²) in [7, 11) is 0. The molecule has 1 amide bonds. The zero-order valence-electron chi connectivity index (χ0n) is 19.0. The summed E-state index contributed by atoms with van der Waals surface area (Å²) in [5, 5.41) is 11.1. The smallest absolute Gasteiger partial charge is 0.258 e. The van der Waals surface area contributed by atoms with E-state index in [2.05, 4.69) is 21.6 Å². The number of hydrogen-bond donors (Lipinski definition) is 1. The van der Waals surface area contributed by atoms with Crippen molar-refractivity contribution in [2.75, 3.05) is 26.4 Å². The van der Waals surface area contributed by atoms with Crippen molar-refractivity contribution in [3.05, 3.63) is 65.2 Å². The Labute approximate surface area is 188 Å². The van der Waals surface area contributed by atoms with E-state index in [4.69, 9.17) is 14.2 Å². The van der Waals surface area contributed by atoms with Gasteiger partial charge in [-0.3, -0.25) is 4.79 Å². The van der Waals surface area contributed by atoms with Gasteiger partial charge in [0.2, 0.25) is 5.88 Å². The molecule has 168 valence electrons. The Hall–Kier alpha value is -3.61. The Bertz CT molecular complexity index is 1030. The van der Waals surface area contributed by atoms with Gasteiger partial charge in [0.25, 0.3) is 5.91 Å². The number of ether oxygens (including phenoxy) is 3. The minimum atomic E-state index is -0.205. The zero-order chi connectivity index (χ0) is 22.9. The third-order valence-electron chi connectivity index (χ3n) is 4.90. The van der Waals surface area contributed by atoms with E-state index >= 15 is 0 Å². The summed E-state index contributed by atoms with van der Waals surface area (Å²) >= 11 is 0. The topological polar surface area (TPSA) is 82.6 Å². The van der Waals surface area contributed by atoms with Crippen LogP contribution in [0.3, 0.4) is 0 Å². The second-order valence-electron chi connectivity index (χ2n) is 7.41. The summed E-state index contributed by atoms with van der Waals surface area (Å²) in [5.41, 5.74) is 4.97. The molecule has 1 heterocycles. The van der Waals surface area contributed by atoms with Crippen LogP contribution in [0.4, 0.5) is 0 Å². The Morgan fingerprint density at radius 1 is 0.938 bits per heavy atom. The normalized spacial score (nSPS) is 10.5. The van der Waals surface area contributed by atoms with Gasteiger partial charge in [-0.15, -0.1) is 10.2 Å². The van der Waals surface area contributed by atoms with Crippen LogP contribution in [0.25, 0.3) is 11.3 Å². The summed E-state index contributed by atoms with van der Waals surface area (Å²) in [4.78, 5) is 12.0. The molecule has 0 atom stereocenters. The fourth-order valence-corrected chi connectivity index (χ4v) is 3.13. The number of aryl methyl sites for hydroxylation is 2. The van der Waals surface area contributed by atoms with Crippen LogP contribution in [0.2, 0.25) is 0 Å². The quantitative estimate of drug-likeness (QED) is 0.484. The third kappa shape index (κ3) is 6.44. The number of carbonyl (C=O) groups is 1. The van der Waals surface area contributed by atoms with Crippen LogP contribution in [-0.2, 0) is 4.79 Å². The van der Waals surface area contributed by atoms with Gasteiger partial charge < -0.3 is 19.5 Å². The molecule has 0 aliphatic heterocycles. The van der Waals surface area contributed by atoms with Gasteiger partial charge in [-0.05, 0) is 80.8 Å². The number of nitrogens with one attached hydrogen (secondary N) is 1. The summed E-state index contributed by atoms with van der Waals surface area (Å²) in [6.45, 7) is 9.18. The Balaban J connectivity index is 1.40. The first-order valence-corrected chi connectivity index (χ1v) is 10.6. The molecule has 0 aliphatic rings. The Morgan fingerprint density at radius 3 is 2.41 bits per heavy atom. The van der Waals surface area contributed by atoms with Crippen LogP contribution in [0.1, 0.15) is 23.6 Å². The van der Waals surface area contributed by atoms with Gasteiger partial charge in [0, 0.05) is 11.6 Å². The average molecular weight is 436 g/mol. The van der Waals surface area contributed by atoms with Crippen molar-refractivity contribution in [2.24, 2.45) is 0 Å². The number of carbonyl (C=O) groups excluding carboxylic acids is 1. The van der Waals surface area contributed by atoms with E-state index in [0.717, 1.165) is 39.4 Å². The van der Waals surface area contributed by atoms with Crippen LogP contribution in [0, 0.1) is 20.8 Å². The lowest BCUT2D eigenvalue weighted by Crippen LogP contribution is -2.32. The maximum absolute atomic E-state index is 12.0. The number of amides is 1. The fourth-order valence-electron chi connectivity index (χ4n) is 3.13. The van der Waals surface area contributed by atoms with Crippen molar-refractivity contribution in [1.82, 2.24) is 15.5 Å². The lowest BCUT2D eigenvalue weighted by molar-refractivity contribution is -0.123. The summed E-state index contributed by atoms with van der Waals surface area (Å²) in [6.07, 6.45) is 0. The molecule has 3 aromatic rings. The van der Waals surface area contributed by atoms with Crippen LogP contribution in [-0.4, -0.2) is 42.5 Å². The molecule has 0 bridgehead atoms. The predicted molar refractivity (Wildman–Crippen MR) is 123 cm³/mol. The van der Waals surface area contributed by atoms with E-state index in [9.17, 15) is 4.79 Å². The number of aromatic nitrogens is 2. The molecule has 3 rings (SSSR count). The molecule has 0 spiro atoms. The molecule has 0 aliphatic carbocycles. The van der Waals surface area contributed by atoms with Gasteiger partial charge >= 0.3 is 0 Å². The molecule has 7 nitrogen and oxygen atoms in total. The molecule has 0 radical (unpaired) electrons. The summed E-state index contributed by atoms with van der Waals surface area (Å²) in [6, 6.07) is 15.3. The monoisotopic (exact) mass is 435 g/mol.